The van der Waals surface area contributed by atoms with E-state index in [9.17, 15) is 12.8 Å². The summed E-state index contributed by atoms with van der Waals surface area (Å²) in [4.78, 5) is 8.70. The van der Waals surface area contributed by atoms with Crippen LogP contribution in [0.3, 0.4) is 0 Å². The first kappa shape index (κ1) is 23.4. The van der Waals surface area contributed by atoms with Crippen molar-refractivity contribution in [3.63, 3.8) is 0 Å². The van der Waals surface area contributed by atoms with Crippen molar-refractivity contribution in [2.75, 3.05) is 63.2 Å². The van der Waals surface area contributed by atoms with E-state index in [1.807, 2.05) is 19.1 Å². The van der Waals surface area contributed by atoms with Crippen LogP contribution in [0.1, 0.15) is 19.8 Å². The highest BCUT2D eigenvalue weighted by molar-refractivity contribution is 7.90. The maximum atomic E-state index is 13.9. The van der Waals surface area contributed by atoms with Gasteiger partial charge in [0.2, 0.25) is 0 Å². The number of sulfone groups is 1. The second-order valence-corrected chi connectivity index (χ2v) is 9.86. The Hall–Kier alpha value is -1.87. The van der Waals surface area contributed by atoms with Crippen LogP contribution >= 0.6 is 0 Å². The fraction of sp³-hybridized carbons (Fsp3) is 0.650. The molecular weight excluding hydrogens is 393 g/mol. The Kier molecular flexibility index (Phi) is 9.16. The molecule has 0 amide bonds. The number of hydrogen-bond acceptors (Lipinski definition) is 5. The summed E-state index contributed by atoms with van der Waals surface area (Å²) in [5.74, 6) is 0.696. The number of para-hydroxylation sites is 1. The Bertz CT molecular complexity index is 764. The fourth-order valence-corrected chi connectivity index (χ4v) is 4.10. The number of halogens is 1. The van der Waals surface area contributed by atoms with Crippen molar-refractivity contribution in [2.45, 2.75) is 25.8 Å². The molecule has 1 unspecified atom stereocenters. The van der Waals surface area contributed by atoms with E-state index in [1.54, 1.807) is 13.1 Å². The van der Waals surface area contributed by atoms with Crippen LogP contribution in [-0.2, 0) is 9.84 Å². The van der Waals surface area contributed by atoms with Crippen molar-refractivity contribution in [1.82, 2.24) is 15.5 Å². The minimum Gasteiger partial charge on any atom is -0.367 e. The van der Waals surface area contributed by atoms with Crippen molar-refractivity contribution in [3.8, 4) is 0 Å². The Morgan fingerprint density at radius 3 is 2.55 bits per heavy atom. The van der Waals surface area contributed by atoms with Gasteiger partial charge in [0, 0.05) is 52.1 Å². The van der Waals surface area contributed by atoms with Gasteiger partial charge in [0.1, 0.15) is 15.7 Å². The van der Waals surface area contributed by atoms with Gasteiger partial charge >= 0.3 is 0 Å². The van der Waals surface area contributed by atoms with Gasteiger partial charge in [-0.2, -0.15) is 0 Å². The summed E-state index contributed by atoms with van der Waals surface area (Å²) < 4.78 is 36.5. The van der Waals surface area contributed by atoms with Crippen molar-refractivity contribution in [3.05, 3.63) is 30.1 Å². The average Bonchev–Trinajstić information content (AvgIpc) is 2.69. The SMILES string of the molecule is CN=C(NCCCN1CCN(c2ccccc2F)CC1)NC(C)CCS(C)(=O)=O. The summed E-state index contributed by atoms with van der Waals surface area (Å²) in [7, 11) is -1.24. The van der Waals surface area contributed by atoms with Gasteiger partial charge in [-0.1, -0.05) is 12.1 Å². The Balaban J connectivity index is 1.63. The van der Waals surface area contributed by atoms with Crippen LogP contribution in [0.2, 0.25) is 0 Å². The molecule has 1 fully saturated rings. The summed E-state index contributed by atoms with van der Waals surface area (Å²) in [6.45, 7) is 7.20. The van der Waals surface area contributed by atoms with Gasteiger partial charge in [0.25, 0.3) is 0 Å². The third-order valence-electron chi connectivity index (χ3n) is 5.04. The number of anilines is 1. The van der Waals surface area contributed by atoms with E-state index >= 15 is 0 Å². The molecule has 1 aromatic carbocycles. The van der Waals surface area contributed by atoms with E-state index in [2.05, 4.69) is 25.4 Å². The number of piperazine rings is 1. The highest BCUT2D eigenvalue weighted by atomic mass is 32.2. The van der Waals surface area contributed by atoms with E-state index < -0.39 is 9.84 Å². The normalized spacial score (nSPS) is 17.2. The zero-order valence-electron chi connectivity index (χ0n) is 17.7. The minimum atomic E-state index is -2.95. The third kappa shape index (κ3) is 8.57. The molecule has 2 N–H and O–H groups in total. The highest BCUT2D eigenvalue weighted by Crippen LogP contribution is 2.20. The molecule has 0 radical (unpaired) electrons. The number of hydrogen-bond donors (Lipinski definition) is 2. The van der Waals surface area contributed by atoms with Crippen LogP contribution in [-0.4, -0.2) is 83.6 Å². The van der Waals surface area contributed by atoms with Crippen LogP contribution in [0.15, 0.2) is 29.3 Å². The zero-order chi connectivity index (χ0) is 21.3. The van der Waals surface area contributed by atoms with Gasteiger partial charge in [-0.15, -0.1) is 0 Å². The molecule has 1 saturated heterocycles. The lowest BCUT2D eigenvalue weighted by Crippen LogP contribution is -2.47. The molecule has 1 heterocycles. The maximum absolute atomic E-state index is 13.9. The molecule has 1 aromatic rings. The summed E-state index contributed by atoms with van der Waals surface area (Å²) >= 11 is 0. The second kappa shape index (κ2) is 11.3. The number of guanidine groups is 1. The largest absolute Gasteiger partial charge is 0.367 e. The van der Waals surface area contributed by atoms with Crippen LogP contribution in [0.5, 0.6) is 0 Å². The van der Waals surface area contributed by atoms with E-state index in [-0.39, 0.29) is 17.6 Å². The van der Waals surface area contributed by atoms with E-state index in [4.69, 9.17) is 0 Å². The van der Waals surface area contributed by atoms with Gasteiger partial charge in [0.15, 0.2) is 5.96 Å². The molecular formula is C20H34FN5O2S. The van der Waals surface area contributed by atoms with Crippen LogP contribution in [0, 0.1) is 5.82 Å². The van der Waals surface area contributed by atoms with Gasteiger partial charge < -0.3 is 15.5 Å². The first-order valence-electron chi connectivity index (χ1n) is 10.1. The van der Waals surface area contributed by atoms with E-state index in [0.29, 0.717) is 18.1 Å². The molecule has 0 bridgehead atoms. The van der Waals surface area contributed by atoms with Gasteiger partial charge in [-0.05, 0) is 38.4 Å². The molecule has 0 aliphatic carbocycles. The van der Waals surface area contributed by atoms with Gasteiger partial charge in [0.05, 0.1) is 11.4 Å². The topological polar surface area (TPSA) is 77.0 Å². The third-order valence-corrected chi connectivity index (χ3v) is 6.01. The summed E-state index contributed by atoms with van der Waals surface area (Å²) in [5, 5.41) is 6.51. The molecule has 164 valence electrons. The highest BCUT2D eigenvalue weighted by Gasteiger charge is 2.18. The second-order valence-electron chi connectivity index (χ2n) is 7.60. The van der Waals surface area contributed by atoms with Crippen molar-refractivity contribution < 1.29 is 12.8 Å². The molecule has 1 aliphatic rings. The molecule has 7 nitrogen and oxygen atoms in total. The average molecular weight is 428 g/mol. The summed E-state index contributed by atoms with van der Waals surface area (Å²) in [6, 6.07) is 6.97. The number of nitrogens with one attached hydrogen (secondary N) is 2. The molecule has 0 spiro atoms. The molecule has 1 aliphatic heterocycles. The Morgan fingerprint density at radius 1 is 1.24 bits per heavy atom. The van der Waals surface area contributed by atoms with Gasteiger partial charge in [-0.25, -0.2) is 12.8 Å². The van der Waals surface area contributed by atoms with Crippen molar-refractivity contribution >= 4 is 21.5 Å². The van der Waals surface area contributed by atoms with Crippen LogP contribution < -0.4 is 15.5 Å². The minimum absolute atomic E-state index is 0.0300. The van der Waals surface area contributed by atoms with Crippen molar-refractivity contribution in [1.29, 1.82) is 0 Å². The van der Waals surface area contributed by atoms with Gasteiger partial charge in [-0.3, -0.25) is 9.89 Å². The standard InChI is InChI=1S/C20H34FN5O2S/c1-17(9-16-29(3,27)28)24-20(22-2)23-10-6-11-25-12-14-26(15-13-25)19-8-5-4-7-18(19)21/h4-5,7-8,17H,6,9-16H2,1-3H3,(H2,22,23,24). The quantitative estimate of drug-likeness (QED) is 0.352. The molecule has 1 atom stereocenters. The molecule has 29 heavy (non-hydrogen) atoms. The maximum Gasteiger partial charge on any atom is 0.191 e. The Morgan fingerprint density at radius 2 is 1.93 bits per heavy atom. The molecule has 2 rings (SSSR count). The predicted octanol–water partition coefficient (Wildman–Crippen LogP) is 1.33. The lowest BCUT2D eigenvalue weighted by Gasteiger charge is -2.36. The van der Waals surface area contributed by atoms with E-state index in [1.165, 1.54) is 12.3 Å². The van der Waals surface area contributed by atoms with Crippen molar-refractivity contribution in [2.24, 2.45) is 4.99 Å². The molecule has 0 aromatic heterocycles. The number of nitrogens with zero attached hydrogens (tertiary/aromatic N) is 3. The first-order chi connectivity index (χ1) is 13.8. The number of benzene rings is 1. The monoisotopic (exact) mass is 427 g/mol. The number of aliphatic imine (C=N–C) groups is 1. The summed E-state index contributed by atoms with van der Waals surface area (Å²) in [6.07, 6.45) is 2.77. The van der Waals surface area contributed by atoms with Crippen LogP contribution in [0.4, 0.5) is 10.1 Å². The number of rotatable bonds is 9. The fourth-order valence-electron chi connectivity index (χ4n) is 3.32. The van der Waals surface area contributed by atoms with E-state index in [0.717, 1.165) is 45.7 Å². The predicted molar refractivity (Wildman–Crippen MR) is 118 cm³/mol. The lowest BCUT2D eigenvalue weighted by atomic mass is 10.2. The Labute approximate surface area is 174 Å². The lowest BCUT2D eigenvalue weighted by molar-refractivity contribution is 0.254. The zero-order valence-corrected chi connectivity index (χ0v) is 18.5. The van der Waals surface area contributed by atoms with Crippen LogP contribution in [0.25, 0.3) is 0 Å². The summed E-state index contributed by atoms with van der Waals surface area (Å²) in [5.41, 5.74) is 0.689. The molecule has 9 heteroatoms. The molecule has 0 saturated carbocycles. The first-order valence-corrected chi connectivity index (χ1v) is 12.2. The smallest absolute Gasteiger partial charge is 0.191 e.